The fraction of sp³-hybridized carbons (Fsp3) is 0. The molecule has 0 saturated heterocycles. The average Bonchev–Trinajstić information content (AvgIpc) is 1.90. The van der Waals surface area contributed by atoms with Crippen molar-refractivity contribution in [2.24, 2.45) is 0 Å². The van der Waals surface area contributed by atoms with Crippen LogP contribution in [0.5, 0.6) is 0 Å². The average molecular weight is 154 g/mol. The molecule has 1 aromatic carbocycles. The molecular weight excluding hydrogens is 146 g/mol. The fourth-order valence-electron chi connectivity index (χ4n) is 0.532. The van der Waals surface area contributed by atoms with Crippen molar-refractivity contribution in [3.05, 3.63) is 35.9 Å². The van der Waals surface area contributed by atoms with Gasteiger partial charge in [0.2, 0.25) is 0 Å². The quantitative estimate of drug-likeness (QED) is 0.417. The van der Waals surface area contributed by atoms with Crippen molar-refractivity contribution in [3.8, 4) is 0 Å². The molecule has 0 fully saturated rings. The minimum atomic E-state index is 0. The van der Waals surface area contributed by atoms with Crippen molar-refractivity contribution in [3.63, 3.8) is 0 Å². The van der Waals surface area contributed by atoms with Crippen LogP contribution in [-0.4, -0.2) is 65.4 Å². The Morgan fingerprint density at radius 1 is 1.00 bits per heavy atom. The third-order valence-electron chi connectivity index (χ3n) is 0.936. The molecule has 0 heterocycles. The summed E-state index contributed by atoms with van der Waals surface area (Å²) in [6.07, 6.45) is 0.833. The normalized spacial score (nSPS) is 6.80. The molecule has 44 valence electrons. The van der Waals surface area contributed by atoms with Crippen LogP contribution in [0.2, 0.25) is 0 Å². The topological polar surface area (TPSA) is 17.1 Å². The van der Waals surface area contributed by atoms with E-state index in [2.05, 4.69) is 0 Å². The summed E-state index contributed by atoms with van der Waals surface area (Å²) in [6, 6.07) is 9.10. The van der Waals surface area contributed by atoms with E-state index in [1.807, 2.05) is 18.2 Å². The molecule has 0 bridgehead atoms. The molecule has 1 nitrogen and oxygen atoms in total. The van der Waals surface area contributed by atoms with Gasteiger partial charge in [-0.3, -0.25) is 4.79 Å². The van der Waals surface area contributed by atoms with E-state index in [-0.39, 0.29) is 59.1 Å². The summed E-state index contributed by atoms with van der Waals surface area (Å²) in [5.41, 5.74) is 0.729. The Morgan fingerprint density at radius 2 is 1.50 bits per heavy atom. The fourth-order valence-corrected chi connectivity index (χ4v) is 0.532. The zero-order valence-electron chi connectivity index (χ0n) is 4.37. The van der Waals surface area contributed by atoms with E-state index in [4.69, 9.17) is 0 Å². The summed E-state index contributed by atoms with van der Waals surface area (Å²) in [4.78, 5) is 10.0. The van der Waals surface area contributed by atoms with Crippen LogP contribution in [0.15, 0.2) is 30.3 Å². The summed E-state index contributed by atoms with van der Waals surface area (Å²) in [6.45, 7) is 0. The van der Waals surface area contributed by atoms with Crippen LogP contribution >= 0.6 is 0 Å². The number of hydrogen-bond donors (Lipinski definition) is 0. The number of carbonyl (C=O) groups is 1. The first-order valence-corrected chi connectivity index (χ1v) is 2.44. The van der Waals surface area contributed by atoms with Crippen molar-refractivity contribution in [1.82, 2.24) is 0 Å². The SMILES string of the molecule is O=Cc1ccccc1.[NaH].[NaH]. The second-order valence-electron chi connectivity index (χ2n) is 1.53. The molecule has 1 aromatic rings. The van der Waals surface area contributed by atoms with E-state index in [9.17, 15) is 4.79 Å². The van der Waals surface area contributed by atoms with E-state index >= 15 is 0 Å². The molecule has 0 N–H and O–H groups in total. The number of carbonyl (C=O) groups excluding carboxylic acids is 1. The first-order chi connectivity index (χ1) is 3.93. The molecule has 1 rings (SSSR count). The van der Waals surface area contributed by atoms with Crippen LogP contribution in [0.1, 0.15) is 10.4 Å². The number of hydrogen-bond acceptors (Lipinski definition) is 1. The van der Waals surface area contributed by atoms with Gasteiger partial charge in [-0.2, -0.15) is 0 Å². The molecule has 10 heavy (non-hydrogen) atoms. The Labute approximate surface area is 105 Å². The molecule has 3 heteroatoms. The molecule has 0 aromatic heterocycles. The van der Waals surface area contributed by atoms with E-state index < -0.39 is 0 Å². The molecule has 0 aliphatic heterocycles. The molecule has 0 amide bonds. The molecular formula is C7H8Na2O. The number of benzene rings is 1. The zero-order valence-corrected chi connectivity index (χ0v) is 4.37. The Morgan fingerprint density at radius 3 is 1.80 bits per heavy atom. The van der Waals surface area contributed by atoms with Gasteiger partial charge in [0.15, 0.2) is 0 Å². The van der Waals surface area contributed by atoms with Gasteiger partial charge in [0, 0.05) is 5.56 Å². The second-order valence-corrected chi connectivity index (χ2v) is 1.53. The zero-order chi connectivity index (χ0) is 5.82. The van der Waals surface area contributed by atoms with Gasteiger partial charge in [-0.25, -0.2) is 0 Å². The van der Waals surface area contributed by atoms with Gasteiger partial charge in [-0.15, -0.1) is 0 Å². The second kappa shape index (κ2) is 7.99. The van der Waals surface area contributed by atoms with Crippen LogP contribution in [0.3, 0.4) is 0 Å². The summed E-state index contributed by atoms with van der Waals surface area (Å²) in [5, 5.41) is 0. The molecule has 0 aliphatic rings. The predicted molar refractivity (Wildman–Crippen MR) is 46.1 cm³/mol. The molecule has 0 unspecified atom stereocenters. The van der Waals surface area contributed by atoms with Crippen LogP contribution < -0.4 is 0 Å². The number of aldehydes is 1. The van der Waals surface area contributed by atoms with Crippen LogP contribution in [-0.2, 0) is 0 Å². The van der Waals surface area contributed by atoms with Gasteiger partial charge in [-0.05, 0) is 0 Å². The van der Waals surface area contributed by atoms with Gasteiger partial charge in [-0.1, -0.05) is 30.3 Å². The van der Waals surface area contributed by atoms with Gasteiger partial charge in [0.05, 0.1) is 0 Å². The van der Waals surface area contributed by atoms with Crippen LogP contribution in [0.25, 0.3) is 0 Å². The van der Waals surface area contributed by atoms with E-state index in [0.717, 1.165) is 11.8 Å². The predicted octanol–water partition coefficient (Wildman–Crippen LogP) is 0.202. The first kappa shape index (κ1) is 13.5. The monoisotopic (exact) mass is 154 g/mol. The Bertz CT molecular complexity index is 174. The van der Waals surface area contributed by atoms with Gasteiger partial charge in [0.1, 0.15) is 6.29 Å². The van der Waals surface area contributed by atoms with Gasteiger partial charge >= 0.3 is 59.1 Å². The summed E-state index contributed by atoms with van der Waals surface area (Å²) in [5.74, 6) is 0. The Balaban J connectivity index is 0. The van der Waals surface area contributed by atoms with Crippen molar-refractivity contribution in [1.29, 1.82) is 0 Å². The third-order valence-corrected chi connectivity index (χ3v) is 0.936. The van der Waals surface area contributed by atoms with Crippen molar-refractivity contribution >= 4 is 65.4 Å². The molecule has 0 radical (unpaired) electrons. The minimum absolute atomic E-state index is 0. The third kappa shape index (κ3) is 4.67. The van der Waals surface area contributed by atoms with E-state index in [0.29, 0.717) is 0 Å². The van der Waals surface area contributed by atoms with Gasteiger partial charge in [0.25, 0.3) is 0 Å². The molecule has 0 aliphatic carbocycles. The van der Waals surface area contributed by atoms with Crippen LogP contribution in [0, 0.1) is 0 Å². The van der Waals surface area contributed by atoms with Crippen molar-refractivity contribution < 1.29 is 4.79 Å². The summed E-state index contributed by atoms with van der Waals surface area (Å²) < 4.78 is 0. The standard InChI is InChI=1S/C7H6O.2Na.2H/c8-6-7-4-2-1-3-5-7;;;;/h1-6H;;;;. The Hall–Kier alpha value is 0.890. The molecule has 0 saturated carbocycles. The maximum absolute atomic E-state index is 10.0. The van der Waals surface area contributed by atoms with Crippen molar-refractivity contribution in [2.75, 3.05) is 0 Å². The van der Waals surface area contributed by atoms with Crippen molar-refractivity contribution in [2.45, 2.75) is 0 Å². The van der Waals surface area contributed by atoms with Crippen LogP contribution in [0.4, 0.5) is 0 Å². The molecule has 0 spiro atoms. The summed E-state index contributed by atoms with van der Waals surface area (Å²) >= 11 is 0. The molecule has 0 atom stereocenters. The van der Waals surface area contributed by atoms with E-state index in [1.165, 1.54) is 0 Å². The first-order valence-electron chi connectivity index (χ1n) is 2.44. The van der Waals surface area contributed by atoms with Gasteiger partial charge < -0.3 is 0 Å². The van der Waals surface area contributed by atoms with E-state index in [1.54, 1.807) is 12.1 Å². The maximum atomic E-state index is 10.0. The number of rotatable bonds is 1. The Kier molecular flexibility index (Phi) is 10.8. The summed E-state index contributed by atoms with van der Waals surface area (Å²) in [7, 11) is 0.